The van der Waals surface area contributed by atoms with Crippen molar-refractivity contribution in [2.75, 3.05) is 11.9 Å². The number of benzene rings is 1. The maximum absolute atomic E-state index is 13.9. The lowest BCUT2D eigenvalue weighted by atomic mass is 10.2. The van der Waals surface area contributed by atoms with E-state index in [0.717, 1.165) is 11.8 Å². The third kappa shape index (κ3) is 4.92. The third-order valence-electron chi connectivity index (χ3n) is 2.79. The molecule has 0 radical (unpaired) electrons. The topological polar surface area (TPSA) is 50.6 Å². The predicted octanol–water partition coefficient (Wildman–Crippen LogP) is 3.61. The fourth-order valence-corrected chi connectivity index (χ4v) is 1.88. The molecule has 0 fully saturated rings. The summed E-state index contributed by atoms with van der Waals surface area (Å²) in [6.45, 7) is 3.83. The van der Waals surface area contributed by atoms with Gasteiger partial charge in [0.25, 0.3) is 0 Å². The molecule has 23 heavy (non-hydrogen) atoms. The van der Waals surface area contributed by atoms with Gasteiger partial charge in [-0.25, -0.2) is 4.39 Å². The van der Waals surface area contributed by atoms with Crippen LogP contribution in [-0.2, 0) is 6.54 Å². The minimum Gasteiger partial charge on any atom is -0.353 e. The fourth-order valence-electron chi connectivity index (χ4n) is 1.75. The minimum atomic E-state index is -0.552. The molecule has 0 saturated heterocycles. The van der Waals surface area contributed by atoms with Crippen LogP contribution < -0.4 is 9.74 Å². The van der Waals surface area contributed by atoms with Crippen LogP contribution in [0.25, 0.3) is 0 Å². The zero-order valence-electron chi connectivity index (χ0n) is 12.4. The zero-order chi connectivity index (χ0) is 16.7. The van der Waals surface area contributed by atoms with Gasteiger partial charge in [0.15, 0.2) is 11.6 Å². The van der Waals surface area contributed by atoms with E-state index in [4.69, 9.17) is 16.4 Å². The number of halogens is 2. The summed E-state index contributed by atoms with van der Waals surface area (Å²) in [5.74, 6) is -0.441. The number of hydrogen-bond donors (Lipinski definition) is 0. The van der Waals surface area contributed by atoms with Crippen LogP contribution in [-0.4, -0.2) is 23.2 Å². The molecule has 0 unspecified atom stereocenters. The van der Waals surface area contributed by atoms with Gasteiger partial charge in [-0.2, -0.15) is 9.97 Å². The van der Waals surface area contributed by atoms with Gasteiger partial charge in [0.2, 0.25) is 0 Å². The summed E-state index contributed by atoms with van der Waals surface area (Å²) in [5.41, 5.74) is 3.47. The number of anilines is 1. The van der Waals surface area contributed by atoms with Gasteiger partial charge in [0.05, 0.1) is 12.4 Å². The average Bonchev–Trinajstić information content (AvgIpc) is 2.55. The maximum Gasteiger partial charge on any atom is 0.347 e. The SMILES string of the molecule is C=C=CC=NOc1ncc(F)c(N(C)Cc2ccc(Cl)cc2)n1. The van der Waals surface area contributed by atoms with Crippen LogP contribution >= 0.6 is 11.6 Å². The Morgan fingerprint density at radius 1 is 1.43 bits per heavy atom. The second-order valence-electron chi connectivity index (χ2n) is 4.52. The molecule has 0 saturated carbocycles. The van der Waals surface area contributed by atoms with E-state index < -0.39 is 5.82 Å². The van der Waals surface area contributed by atoms with E-state index in [1.807, 2.05) is 12.1 Å². The smallest absolute Gasteiger partial charge is 0.347 e. The van der Waals surface area contributed by atoms with Crippen LogP contribution in [0.15, 0.2) is 54.0 Å². The van der Waals surface area contributed by atoms with Gasteiger partial charge >= 0.3 is 6.01 Å². The summed E-state index contributed by atoms with van der Waals surface area (Å²) in [7, 11) is 1.72. The van der Waals surface area contributed by atoms with Gasteiger partial charge < -0.3 is 9.74 Å². The molecule has 1 aromatic carbocycles. The summed E-state index contributed by atoms with van der Waals surface area (Å²) in [6, 6.07) is 7.22. The van der Waals surface area contributed by atoms with Gasteiger partial charge in [-0.05, 0) is 17.7 Å². The van der Waals surface area contributed by atoms with E-state index in [2.05, 4.69) is 27.4 Å². The largest absolute Gasteiger partial charge is 0.353 e. The molecule has 1 aromatic heterocycles. The van der Waals surface area contributed by atoms with Gasteiger partial charge in [-0.15, -0.1) is 5.73 Å². The van der Waals surface area contributed by atoms with Crippen molar-refractivity contribution in [3.63, 3.8) is 0 Å². The number of hydrogen-bond acceptors (Lipinski definition) is 5. The number of rotatable bonds is 6. The van der Waals surface area contributed by atoms with Gasteiger partial charge in [0, 0.05) is 24.7 Å². The first-order chi connectivity index (χ1) is 11.1. The molecule has 118 valence electrons. The van der Waals surface area contributed by atoms with Crippen LogP contribution in [0, 0.1) is 5.82 Å². The van der Waals surface area contributed by atoms with E-state index in [0.29, 0.717) is 11.6 Å². The van der Waals surface area contributed by atoms with E-state index in [1.165, 1.54) is 12.3 Å². The van der Waals surface area contributed by atoms with E-state index in [9.17, 15) is 4.39 Å². The molecular formula is C16H14ClFN4O. The molecule has 0 aliphatic rings. The first-order valence-electron chi connectivity index (χ1n) is 6.63. The second-order valence-corrected chi connectivity index (χ2v) is 4.96. The molecular weight excluding hydrogens is 319 g/mol. The van der Waals surface area contributed by atoms with Crippen molar-refractivity contribution < 1.29 is 9.23 Å². The maximum atomic E-state index is 13.9. The number of nitrogens with zero attached hydrogens (tertiary/aromatic N) is 4. The highest BCUT2D eigenvalue weighted by molar-refractivity contribution is 6.30. The number of oxime groups is 1. The number of allylic oxidation sites excluding steroid dienone is 1. The molecule has 2 aromatic rings. The Morgan fingerprint density at radius 2 is 2.17 bits per heavy atom. The zero-order valence-corrected chi connectivity index (χ0v) is 13.2. The summed E-state index contributed by atoms with van der Waals surface area (Å²) in [4.78, 5) is 14.3. The van der Waals surface area contributed by atoms with Crippen molar-refractivity contribution in [1.29, 1.82) is 0 Å². The highest BCUT2D eigenvalue weighted by atomic mass is 35.5. The summed E-state index contributed by atoms with van der Waals surface area (Å²) in [5, 5.41) is 4.24. The van der Waals surface area contributed by atoms with Gasteiger partial charge in [0.1, 0.15) is 0 Å². The molecule has 0 amide bonds. The van der Waals surface area contributed by atoms with E-state index >= 15 is 0 Å². The van der Waals surface area contributed by atoms with Crippen molar-refractivity contribution in [2.24, 2.45) is 5.16 Å². The fraction of sp³-hybridized carbons (Fsp3) is 0.125. The van der Waals surface area contributed by atoms with E-state index in [1.54, 1.807) is 24.1 Å². The molecule has 2 rings (SSSR count). The molecule has 1 heterocycles. The Labute approximate surface area is 138 Å². The summed E-state index contributed by atoms with van der Waals surface area (Å²) in [6.07, 6.45) is 3.82. The highest BCUT2D eigenvalue weighted by Crippen LogP contribution is 2.20. The van der Waals surface area contributed by atoms with Crippen LogP contribution in [0.3, 0.4) is 0 Å². The Balaban J connectivity index is 2.13. The molecule has 7 heteroatoms. The van der Waals surface area contributed by atoms with Gasteiger partial charge in [-0.3, -0.25) is 0 Å². The van der Waals surface area contributed by atoms with Crippen LogP contribution in [0.1, 0.15) is 5.56 Å². The van der Waals surface area contributed by atoms with Crippen LogP contribution in [0.5, 0.6) is 6.01 Å². The van der Waals surface area contributed by atoms with Crippen molar-refractivity contribution >= 4 is 23.6 Å². The van der Waals surface area contributed by atoms with E-state index in [-0.39, 0.29) is 11.8 Å². The van der Waals surface area contributed by atoms with Crippen molar-refractivity contribution in [1.82, 2.24) is 9.97 Å². The lowest BCUT2D eigenvalue weighted by Gasteiger charge is -2.18. The number of aromatic nitrogens is 2. The second kappa shape index (κ2) is 8.08. The third-order valence-corrected chi connectivity index (χ3v) is 3.04. The molecule has 0 N–H and O–H groups in total. The van der Waals surface area contributed by atoms with Crippen molar-refractivity contribution in [3.8, 4) is 6.01 Å². The quantitative estimate of drug-likeness (QED) is 0.460. The Morgan fingerprint density at radius 3 is 2.87 bits per heavy atom. The Bertz CT molecular complexity index is 742. The molecule has 0 spiro atoms. The Kier molecular flexibility index (Phi) is 5.86. The summed E-state index contributed by atoms with van der Waals surface area (Å²) >= 11 is 5.85. The highest BCUT2D eigenvalue weighted by Gasteiger charge is 2.13. The molecule has 0 atom stereocenters. The molecule has 5 nitrogen and oxygen atoms in total. The lowest BCUT2D eigenvalue weighted by Crippen LogP contribution is -2.19. The molecule has 0 aliphatic carbocycles. The monoisotopic (exact) mass is 332 g/mol. The molecule has 0 aliphatic heterocycles. The molecule has 0 bridgehead atoms. The van der Waals surface area contributed by atoms with Crippen LogP contribution in [0.4, 0.5) is 10.2 Å². The first kappa shape index (κ1) is 16.7. The average molecular weight is 333 g/mol. The van der Waals surface area contributed by atoms with Crippen LogP contribution in [0.2, 0.25) is 5.02 Å². The first-order valence-corrected chi connectivity index (χ1v) is 7.01. The van der Waals surface area contributed by atoms with Crippen molar-refractivity contribution in [3.05, 3.63) is 65.3 Å². The Hall–Kier alpha value is -2.69. The minimum absolute atomic E-state index is 0.0573. The predicted molar refractivity (Wildman–Crippen MR) is 88.4 cm³/mol. The standard InChI is InChI=1S/C16H14ClFN4O/c1-3-4-9-20-23-16-19-10-14(18)15(21-16)22(2)11-12-5-7-13(17)8-6-12/h4-10H,1,11H2,2H3. The summed E-state index contributed by atoms with van der Waals surface area (Å²) < 4.78 is 13.9. The lowest BCUT2D eigenvalue weighted by molar-refractivity contribution is 0.313. The normalized spacial score (nSPS) is 10.4. The van der Waals surface area contributed by atoms with Crippen molar-refractivity contribution in [2.45, 2.75) is 6.54 Å². The van der Waals surface area contributed by atoms with Gasteiger partial charge in [-0.1, -0.05) is 35.5 Å².